The van der Waals surface area contributed by atoms with Crippen molar-refractivity contribution in [3.63, 3.8) is 0 Å². The van der Waals surface area contributed by atoms with Gasteiger partial charge in [-0.15, -0.1) is 21.5 Å². The molecule has 0 atom stereocenters. The molecule has 0 aliphatic heterocycles. The van der Waals surface area contributed by atoms with Crippen molar-refractivity contribution in [3.05, 3.63) is 35.5 Å². The van der Waals surface area contributed by atoms with Crippen LogP contribution in [-0.2, 0) is 6.42 Å². The van der Waals surface area contributed by atoms with E-state index in [4.69, 9.17) is 10.5 Å². The molecule has 2 N–H and O–H groups in total. The number of aromatic nitrogens is 3. The van der Waals surface area contributed by atoms with Gasteiger partial charge in [0.25, 0.3) is 0 Å². The van der Waals surface area contributed by atoms with Gasteiger partial charge in [-0.25, -0.2) is 0 Å². The minimum atomic E-state index is 0.569. The van der Waals surface area contributed by atoms with Gasteiger partial charge in [0.1, 0.15) is 11.6 Å². The fourth-order valence-corrected chi connectivity index (χ4v) is 3.01. The van der Waals surface area contributed by atoms with Gasteiger partial charge in [-0.05, 0) is 43.3 Å². The molecule has 2 aromatic heterocycles. The molecule has 2 heterocycles. The Labute approximate surface area is 121 Å². The Morgan fingerprint density at radius 3 is 2.75 bits per heavy atom. The molecule has 5 nitrogen and oxygen atoms in total. The number of nitrogens with zero attached hydrogens (tertiary/aromatic N) is 3. The Balaban J connectivity index is 2.02. The molecular weight excluding hydrogens is 272 g/mol. The highest BCUT2D eigenvalue weighted by molar-refractivity contribution is 7.15. The number of nitrogens with two attached hydrogens (primary N) is 1. The van der Waals surface area contributed by atoms with E-state index in [9.17, 15) is 0 Å². The van der Waals surface area contributed by atoms with E-state index in [1.54, 1.807) is 11.3 Å². The first-order valence-electron chi connectivity index (χ1n) is 6.58. The summed E-state index contributed by atoms with van der Waals surface area (Å²) >= 11 is 1.59. The molecule has 0 amide bonds. The molecule has 3 rings (SSSR count). The molecule has 0 unspecified atom stereocenters. The minimum absolute atomic E-state index is 0.569. The van der Waals surface area contributed by atoms with Gasteiger partial charge < -0.3 is 10.5 Å². The summed E-state index contributed by atoms with van der Waals surface area (Å²) in [7, 11) is 0. The average molecular weight is 288 g/mol. The first-order chi connectivity index (χ1) is 9.83. The highest BCUT2D eigenvalue weighted by Gasteiger charge is 2.12. The van der Waals surface area contributed by atoms with E-state index in [2.05, 4.69) is 32.1 Å². The molecule has 6 heteroatoms. The normalized spacial score (nSPS) is 11.1. The van der Waals surface area contributed by atoms with Gasteiger partial charge in [0.05, 0.1) is 12.3 Å². The minimum Gasteiger partial charge on any atom is -0.494 e. The molecule has 1 aromatic carbocycles. The molecular formula is C14H16N4OS. The second-order valence-electron chi connectivity index (χ2n) is 4.35. The Bertz CT molecular complexity index is 702. The molecule has 0 spiro atoms. The summed E-state index contributed by atoms with van der Waals surface area (Å²) in [5.41, 5.74) is 7.85. The van der Waals surface area contributed by atoms with E-state index in [0.29, 0.717) is 13.2 Å². The largest absolute Gasteiger partial charge is 0.494 e. The predicted molar refractivity (Wildman–Crippen MR) is 80.2 cm³/mol. The van der Waals surface area contributed by atoms with Gasteiger partial charge in [0, 0.05) is 11.8 Å². The third-order valence-corrected chi connectivity index (χ3v) is 3.86. The van der Waals surface area contributed by atoms with Crippen molar-refractivity contribution in [1.82, 2.24) is 14.6 Å². The van der Waals surface area contributed by atoms with E-state index in [1.807, 2.05) is 19.1 Å². The first kappa shape index (κ1) is 13.1. The Hall–Kier alpha value is -1.92. The second kappa shape index (κ2) is 5.60. The van der Waals surface area contributed by atoms with Gasteiger partial charge in [-0.2, -0.15) is 0 Å². The van der Waals surface area contributed by atoms with Crippen molar-refractivity contribution in [2.75, 3.05) is 13.2 Å². The van der Waals surface area contributed by atoms with Gasteiger partial charge >= 0.3 is 0 Å². The molecule has 0 saturated heterocycles. The van der Waals surface area contributed by atoms with Gasteiger partial charge in [0.2, 0.25) is 4.96 Å². The summed E-state index contributed by atoms with van der Waals surface area (Å²) in [6.07, 6.45) is 0.724. The number of benzene rings is 1. The summed E-state index contributed by atoms with van der Waals surface area (Å²) in [6.45, 7) is 3.22. The molecule has 0 bridgehead atoms. The molecule has 0 saturated carbocycles. The van der Waals surface area contributed by atoms with Crippen molar-refractivity contribution < 1.29 is 4.74 Å². The number of ether oxygens (including phenoxy) is 1. The van der Waals surface area contributed by atoms with E-state index in [0.717, 1.165) is 34.2 Å². The zero-order valence-electron chi connectivity index (χ0n) is 11.2. The summed E-state index contributed by atoms with van der Waals surface area (Å²) in [6, 6.07) is 8.07. The fourth-order valence-electron chi connectivity index (χ4n) is 2.16. The highest BCUT2D eigenvalue weighted by atomic mass is 32.1. The molecule has 3 aromatic rings. The van der Waals surface area contributed by atoms with Crippen LogP contribution in [0.3, 0.4) is 0 Å². The van der Waals surface area contributed by atoms with Gasteiger partial charge in [-0.3, -0.25) is 4.40 Å². The van der Waals surface area contributed by atoms with Crippen LogP contribution in [-0.4, -0.2) is 27.7 Å². The molecule has 0 aliphatic rings. The number of hydrogen-bond acceptors (Lipinski definition) is 5. The SMILES string of the molecule is CCOc1ccc(-c2csc3nnc(CCN)n23)cc1. The van der Waals surface area contributed by atoms with Crippen molar-refractivity contribution >= 4 is 16.3 Å². The Kier molecular flexibility index (Phi) is 3.66. The standard InChI is InChI=1S/C14H16N4OS/c1-2-19-11-5-3-10(4-6-11)12-9-20-14-17-16-13(7-8-15)18(12)14/h3-6,9H,2,7-8,15H2,1H3. The second-order valence-corrected chi connectivity index (χ2v) is 5.19. The van der Waals surface area contributed by atoms with Crippen molar-refractivity contribution in [3.8, 4) is 17.0 Å². The lowest BCUT2D eigenvalue weighted by Gasteiger charge is -2.05. The molecule has 20 heavy (non-hydrogen) atoms. The third-order valence-electron chi connectivity index (χ3n) is 3.05. The van der Waals surface area contributed by atoms with Crippen LogP contribution in [0.5, 0.6) is 5.75 Å². The number of hydrogen-bond donors (Lipinski definition) is 1. The molecule has 0 aliphatic carbocycles. The quantitative estimate of drug-likeness (QED) is 0.782. The summed E-state index contributed by atoms with van der Waals surface area (Å²) in [5.74, 6) is 1.79. The summed E-state index contributed by atoms with van der Waals surface area (Å²) in [4.78, 5) is 0.900. The lowest BCUT2D eigenvalue weighted by atomic mass is 10.1. The maximum absolute atomic E-state index is 5.63. The number of rotatable bonds is 5. The smallest absolute Gasteiger partial charge is 0.216 e. The zero-order chi connectivity index (χ0) is 13.9. The van der Waals surface area contributed by atoms with Crippen molar-refractivity contribution in [1.29, 1.82) is 0 Å². The van der Waals surface area contributed by atoms with E-state index in [-0.39, 0.29) is 0 Å². The van der Waals surface area contributed by atoms with Gasteiger partial charge in [-0.1, -0.05) is 0 Å². The van der Waals surface area contributed by atoms with Crippen LogP contribution in [0.15, 0.2) is 29.6 Å². The summed E-state index contributed by atoms with van der Waals surface area (Å²) in [5, 5.41) is 10.5. The molecule has 0 fully saturated rings. The average Bonchev–Trinajstić information content (AvgIpc) is 3.04. The summed E-state index contributed by atoms with van der Waals surface area (Å²) < 4.78 is 7.54. The van der Waals surface area contributed by atoms with Crippen molar-refractivity contribution in [2.45, 2.75) is 13.3 Å². The first-order valence-corrected chi connectivity index (χ1v) is 7.46. The van der Waals surface area contributed by atoms with Gasteiger partial charge in [0.15, 0.2) is 0 Å². The van der Waals surface area contributed by atoms with Crippen LogP contribution in [0.1, 0.15) is 12.7 Å². The predicted octanol–water partition coefficient (Wildman–Crippen LogP) is 2.36. The van der Waals surface area contributed by atoms with Crippen LogP contribution in [0, 0.1) is 0 Å². The highest BCUT2D eigenvalue weighted by Crippen LogP contribution is 2.28. The van der Waals surface area contributed by atoms with Crippen LogP contribution in [0.4, 0.5) is 0 Å². The number of thiazole rings is 1. The lowest BCUT2D eigenvalue weighted by molar-refractivity contribution is 0.340. The lowest BCUT2D eigenvalue weighted by Crippen LogP contribution is -2.06. The van der Waals surface area contributed by atoms with Crippen LogP contribution >= 0.6 is 11.3 Å². The monoisotopic (exact) mass is 288 g/mol. The molecule has 0 radical (unpaired) electrons. The Morgan fingerprint density at radius 2 is 2.05 bits per heavy atom. The fraction of sp³-hybridized carbons (Fsp3) is 0.286. The van der Waals surface area contributed by atoms with E-state index < -0.39 is 0 Å². The third kappa shape index (κ3) is 2.28. The van der Waals surface area contributed by atoms with E-state index in [1.165, 1.54) is 0 Å². The van der Waals surface area contributed by atoms with E-state index >= 15 is 0 Å². The van der Waals surface area contributed by atoms with Crippen molar-refractivity contribution in [2.24, 2.45) is 5.73 Å². The number of fused-ring (bicyclic) bond motifs is 1. The molecule has 104 valence electrons. The maximum atomic E-state index is 5.63. The zero-order valence-corrected chi connectivity index (χ0v) is 12.1. The maximum Gasteiger partial charge on any atom is 0.216 e. The Morgan fingerprint density at radius 1 is 1.25 bits per heavy atom. The van der Waals surface area contributed by atoms with Crippen LogP contribution < -0.4 is 10.5 Å². The topological polar surface area (TPSA) is 65.4 Å². The van der Waals surface area contributed by atoms with Crippen LogP contribution in [0.2, 0.25) is 0 Å². The van der Waals surface area contributed by atoms with Crippen LogP contribution in [0.25, 0.3) is 16.2 Å².